The summed E-state index contributed by atoms with van der Waals surface area (Å²) in [7, 11) is 0. The second-order valence-corrected chi connectivity index (χ2v) is 4.41. The third kappa shape index (κ3) is 2.81. The molecule has 0 radical (unpaired) electrons. The smallest absolute Gasteiger partial charge is 0.268 e. The van der Waals surface area contributed by atoms with Gasteiger partial charge in [-0.1, -0.05) is 12.1 Å². The van der Waals surface area contributed by atoms with Gasteiger partial charge >= 0.3 is 0 Å². The molecule has 0 unspecified atom stereocenters. The van der Waals surface area contributed by atoms with E-state index < -0.39 is 0 Å². The molecule has 94 valence electrons. The highest BCUT2D eigenvalue weighted by Gasteiger charge is 2.10. The van der Waals surface area contributed by atoms with Crippen molar-refractivity contribution in [1.29, 1.82) is 0 Å². The Morgan fingerprint density at radius 2 is 2.06 bits per heavy atom. The molecular formula is C12H11IN2O3. The highest BCUT2D eigenvalue weighted by molar-refractivity contribution is 14.1. The number of aromatic amines is 1. The second-order valence-electron chi connectivity index (χ2n) is 3.33. The third-order valence-corrected chi connectivity index (χ3v) is 3.07. The van der Waals surface area contributed by atoms with Crippen molar-refractivity contribution in [3.63, 3.8) is 0 Å². The van der Waals surface area contributed by atoms with Crippen LogP contribution in [0.4, 0.5) is 0 Å². The SMILES string of the molecule is CCOc1ccccc1Oc1nc[nH]c(=O)c1I. The highest BCUT2D eigenvalue weighted by atomic mass is 127. The van der Waals surface area contributed by atoms with Gasteiger partial charge in [0.2, 0.25) is 5.88 Å². The topological polar surface area (TPSA) is 64.2 Å². The van der Waals surface area contributed by atoms with Gasteiger partial charge in [0, 0.05) is 0 Å². The van der Waals surface area contributed by atoms with Gasteiger partial charge in [-0.05, 0) is 41.6 Å². The van der Waals surface area contributed by atoms with Crippen molar-refractivity contribution in [1.82, 2.24) is 9.97 Å². The van der Waals surface area contributed by atoms with Gasteiger partial charge in [0.15, 0.2) is 11.5 Å². The Morgan fingerprint density at radius 3 is 2.78 bits per heavy atom. The Hall–Kier alpha value is -1.57. The molecule has 0 aliphatic rings. The molecule has 1 aromatic heterocycles. The molecule has 5 nitrogen and oxygen atoms in total. The Balaban J connectivity index is 2.34. The van der Waals surface area contributed by atoms with Gasteiger partial charge in [0.05, 0.1) is 12.9 Å². The van der Waals surface area contributed by atoms with Crippen LogP contribution in [0.2, 0.25) is 0 Å². The summed E-state index contributed by atoms with van der Waals surface area (Å²) in [5, 5.41) is 0. The van der Waals surface area contributed by atoms with Gasteiger partial charge in [-0.25, -0.2) is 4.98 Å². The number of rotatable bonds is 4. The molecule has 0 bridgehead atoms. The summed E-state index contributed by atoms with van der Waals surface area (Å²) < 4.78 is 11.5. The molecule has 0 fully saturated rings. The molecule has 1 aromatic carbocycles. The van der Waals surface area contributed by atoms with E-state index in [4.69, 9.17) is 9.47 Å². The number of hydrogen-bond acceptors (Lipinski definition) is 4. The fourth-order valence-electron chi connectivity index (χ4n) is 1.35. The van der Waals surface area contributed by atoms with Crippen LogP contribution in [0, 0.1) is 3.57 Å². The molecule has 0 aliphatic heterocycles. The highest BCUT2D eigenvalue weighted by Crippen LogP contribution is 2.31. The van der Waals surface area contributed by atoms with Crippen molar-refractivity contribution in [2.45, 2.75) is 6.92 Å². The first-order chi connectivity index (χ1) is 8.72. The Bertz CT molecular complexity index is 598. The maximum absolute atomic E-state index is 11.4. The molecule has 0 atom stereocenters. The van der Waals surface area contributed by atoms with Crippen LogP contribution >= 0.6 is 22.6 Å². The molecule has 0 aliphatic carbocycles. The van der Waals surface area contributed by atoms with Crippen LogP contribution in [-0.2, 0) is 0 Å². The van der Waals surface area contributed by atoms with Crippen molar-refractivity contribution >= 4 is 22.6 Å². The number of halogens is 1. The maximum Gasteiger partial charge on any atom is 0.268 e. The lowest BCUT2D eigenvalue weighted by Crippen LogP contribution is -2.11. The van der Waals surface area contributed by atoms with E-state index in [1.807, 2.05) is 41.6 Å². The summed E-state index contributed by atoms with van der Waals surface area (Å²) in [4.78, 5) is 17.9. The van der Waals surface area contributed by atoms with E-state index in [2.05, 4.69) is 9.97 Å². The standard InChI is InChI=1S/C12H11IN2O3/c1-2-17-8-5-3-4-6-9(8)18-12-10(13)11(16)14-7-15-12/h3-7H,2H2,1H3,(H,14,15,16). The fraction of sp³-hybridized carbons (Fsp3) is 0.167. The summed E-state index contributed by atoms with van der Waals surface area (Å²) in [6, 6.07) is 7.26. The molecule has 0 saturated heterocycles. The number of hydrogen-bond donors (Lipinski definition) is 1. The Morgan fingerprint density at radius 1 is 1.33 bits per heavy atom. The minimum Gasteiger partial charge on any atom is -0.490 e. The predicted molar refractivity (Wildman–Crippen MR) is 75.3 cm³/mol. The van der Waals surface area contributed by atoms with Gasteiger partial charge < -0.3 is 14.5 Å². The van der Waals surface area contributed by atoms with E-state index in [1.54, 1.807) is 12.1 Å². The third-order valence-electron chi connectivity index (χ3n) is 2.12. The Kier molecular flexibility index (Phi) is 4.19. The molecule has 0 spiro atoms. The number of ether oxygens (including phenoxy) is 2. The molecule has 1 heterocycles. The van der Waals surface area contributed by atoms with Crippen molar-refractivity contribution in [3.05, 3.63) is 44.5 Å². The van der Waals surface area contributed by atoms with E-state index >= 15 is 0 Å². The number of nitrogens with one attached hydrogen (secondary N) is 1. The van der Waals surface area contributed by atoms with Crippen LogP contribution in [0.25, 0.3) is 0 Å². The zero-order valence-electron chi connectivity index (χ0n) is 9.64. The van der Waals surface area contributed by atoms with E-state index in [0.717, 1.165) is 0 Å². The fourth-order valence-corrected chi connectivity index (χ4v) is 1.76. The summed E-state index contributed by atoms with van der Waals surface area (Å²) >= 11 is 1.89. The monoisotopic (exact) mass is 358 g/mol. The number of aromatic nitrogens is 2. The molecule has 18 heavy (non-hydrogen) atoms. The number of benzene rings is 1. The predicted octanol–water partition coefficient (Wildman–Crippen LogP) is 2.57. The molecule has 6 heteroatoms. The molecule has 2 aromatic rings. The molecule has 1 N–H and O–H groups in total. The van der Waals surface area contributed by atoms with Crippen LogP contribution in [0.3, 0.4) is 0 Å². The van der Waals surface area contributed by atoms with Crippen LogP contribution in [0.15, 0.2) is 35.4 Å². The molecular weight excluding hydrogens is 347 g/mol. The lowest BCUT2D eigenvalue weighted by Gasteiger charge is -2.10. The first-order valence-corrected chi connectivity index (χ1v) is 6.43. The molecule has 2 rings (SSSR count). The van der Waals surface area contributed by atoms with Crippen LogP contribution in [0.1, 0.15) is 6.92 Å². The van der Waals surface area contributed by atoms with Crippen molar-refractivity contribution in [2.75, 3.05) is 6.61 Å². The minimum atomic E-state index is -0.227. The first-order valence-electron chi connectivity index (χ1n) is 5.35. The average molecular weight is 358 g/mol. The van der Waals surface area contributed by atoms with Crippen LogP contribution in [-0.4, -0.2) is 16.6 Å². The summed E-state index contributed by atoms with van der Waals surface area (Å²) in [6.07, 6.45) is 1.31. The lowest BCUT2D eigenvalue weighted by atomic mass is 10.3. The number of nitrogens with zero attached hydrogens (tertiary/aromatic N) is 1. The molecule has 0 amide bonds. The zero-order valence-corrected chi connectivity index (χ0v) is 11.8. The van der Waals surface area contributed by atoms with Gasteiger partial charge in [0.25, 0.3) is 5.56 Å². The van der Waals surface area contributed by atoms with Crippen molar-refractivity contribution in [3.8, 4) is 17.4 Å². The van der Waals surface area contributed by atoms with E-state index in [1.165, 1.54) is 6.33 Å². The van der Waals surface area contributed by atoms with Gasteiger partial charge in [-0.2, -0.15) is 0 Å². The van der Waals surface area contributed by atoms with Gasteiger partial charge in [0.1, 0.15) is 3.57 Å². The largest absolute Gasteiger partial charge is 0.490 e. The van der Waals surface area contributed by atoms with E-state index in [0.29, 0.717) is 21.7 Å². The summed E-state index contributed by atoms with van der Waals surface area (Å²) in [6.45, 7) is 2.44. The minimum absolute atomic E-state index is 0.227. The number of H-pyrrole nitrogens is 1. The normalized spacial score (nSPS) is 10.1. The van der Waals surface area contributed by atoms with Crippen molar-refractivity contribution in [2.24, 2.45) is 0 Å². The van der Waals surface area contributed by atoms with Gasteiger partial charge in [-0.15, -0.1) is 0 Å². The maximum atomic E-state index is 11.4. The van der Waals surface area contributed by atoms with Gasteiger partial charge in [-0.3, -0.25) is 4.79 Å². The zero-order chi connectivity index (χ0) is 13.0. The number of para-hydroxylation sites is 2. The van der Waals surface area contributed by atoms with E-state index in [-0.39, 0.29) is 11.4 Å². The van der Waals surface area contributed by atoms with Crippen LogP contribution in [0.5, 0.6) is 17.4 Å². The molecule has 0 saturated carbocycles. The summed E-state index contributed by atoms with van der Waals surface area (Å²) in [5.74, 6) is 1.43. The lowest BCUT2D eigenvalue weighted by molar-refractivity contribution is 0.319. The quantitative estimate of drug-likeness (QED) is 0.854. The van der Waals surface area contributed by atoms with Crippen molar-refractivity contribution < 1.29 is 9.47 Å². The van der Waals surface area contributed by atoms with Crippen LogP contribution < -0.4 is 15.0 Å². The summed E-state index contributed by atoms with van der Waals surface area (Å²) in [5.41, 5.74) is -0.227. The second kappa shape index (κ2) is 5.85. The van der Waals surface area contributed by atoms with E-state index in [9.17, 15) is 4.79 Å². The first kappa shape index (κ1) is 12.9. The average Bonchev–Trinajstić information content (AvgIpc) is 2.37. The Labute approximate surface area is 117 Å².